The number of carbonyl (C=O) groups excluding carboxylic acids is 1. The first kappa shape index (κ1) is 12.1. The molecule has 0 aromatic carbocycles. The fourth-order valence-electron chi connectivity index (χ4n) is 1.95. The van der Waals surface area contributed by atoms with Crippen molar-refractivity contribution in [2.75, 3.05) is 13.1 Å². The maximum Gasteiger partial charge on any atom is 0.293 e. The highest BCUT2D eigenvalue weighted by atomic mass is 16.2. The number of aromatic amines is 1. The van der Waals surface area contributed by atoms with Gasteiger partial charge in [-0.2, -0.15) is 0 Å². The van der Waals surface area contributed by atoms with Crippen molar-refractivity contribution < 1.29 is 4.79 Å². The predicted molar refractivity (Wildman–Crippen MR) is 64.8 cm³/mol. The number of nitrogens with one attached hydrogen (secondary N) is 1. The Morgan fingerprint density at radius 1 is 1.47 bits per heavy atom. The fourth-order valence-corrected chi connectivity index (χ4v) is 1.95. The van der Waals surface area contributed by atoms with Crippen LogP contribution in [0.3, 0.4) is 0 Å². The number of carbonyl (C=O) groups is 1. The van der Waals surface area contributed by atoms with Crippen LogP contribution in [-0.4, -0.2) is 39.1 Å². The zero-order chi connectivity index (χ0) is 12.6. The van der Waals surface area contributed by atoms with Crippen molar-refractivity contribution in [3.05, 3.63) is 11.6 Å². The van der Waals surface area contributed by atoms with Crippen LogP contribution in [0.4, 0.5) is 0 Å². The summed E-state index contributed by atoms with van der Waals surface area (Å²) < 4.78 is 0. The van der Waals surface area contributed by atoms with E-state index in [9.17, 15) is 4.79 Å². The van der Waals surface area contributed by atoms with Crippen molar-refractivity contribution in [1.82, 2.24) is 20.1 Å². The number of hydrogen-bond acceptors (Lipinski definition) is 3. The summed E-state index contributed by atoms with van der Waals surface area (Å²) in [7, 11) is 0. The molecule has 17 heavy (non-hydrogen) atoms. The molecule has 1 saturated heterocycles. The number of aromatic nitrogens is 3. The summed E-state index contributed by atoms with van der Waals surface area (Å²) in [6.45, 7) is 9.92. The van der Waals surface area contributed by atoms with Crippen molar-refractivity contribution in [1.29, 1.82) is 0 Å². The Hall–Kier alpha value is -1.39. The van der Waals surface area contributed by atoms with Gasteiger partial charge in [0.2, 0.25) is 5.82 Å². The summed E-state index contributed by atoms with van der Waals surface area (Å²) in [6, 6.07) is 0. The van der Waals surface area contributed by atoms with Gasteiger partial charge in [0.15, 0.2) is 0 Å². The van der Waals surface area contributed by atoms with Gasteiger partial charge in [-0.05, 0) is 12.3 Å². The summed E-state index contributed by atoms with van der Waals surface area (Å²) in [5.41, 5.74) is -0.107. The van der Waals surface area contributed by atoms with Crippen LogP contribution in [0.15, 0.2) is 0 Å². The highest BCUT2D eigenvalue weighted by Crippen LogP contribution is 2.19. The van der Waals surface area contributed by atoms with Crippen LogP contribution < -0.4 is 0 Å². The number of hydrogen-bond donors (Lipinski definition) is 1. The SMILES string of the molecule is CC1CCN(C(=O)c2n[nH]c(C(C)(C)C)n2)C1. The van der Waals surface area contributed by atoms with Gasteiger partial charge in [0.25, 0.3) is 5.91 Å². The van der Waals surface area contributed by atoms with Crippen LogP contribution in [0.25, 0.3) is 0 Å². The second kappa shape index (κ2) is 4.13. The summed E-state index contributed by atoms with van der Waals surface area (Å²) in [6.07, 6.45) is 1.07. The van der Waals surface area contributed by atoms with E-state index in [1.54, 1.807) is 0 Å². The fraction of sp³-hybridized carbons (Fsp3) is 0.750. The second-order valence-corrected chi connectivity index (χ2v) is 5.90. The molecule has 2 rings (SSSR count). The van der Waals surface area contributed by atoms with Crippen LogP contribution in [-0.2, 0) is 5.41 Å². The molecule has 1 aliphatic rings. The molecule has 1 aromatic heterocycles. The van der Waals surface area contributed by atoms with Crippen LogP contribution in [0.5, 0.6) is 0 Å². The van der Waals surface area contributed by atoms with Crippen LogP contribution >= 0.6 is 0 Å². The first-order chi connectivity index (χ1) is 7.88. The van der Waals surface area contributed by atoms with E-state index in [0.29, 0.717) is 11.7 Å². The van der Waals surface area contributed by atoms with Gasteiger partial charge in [0.1, 0.15) is 5.82 Å². The Kier molecular flexibility index (Phi) is 2.93. The van der Waals surface area contributed by atoms with E-state index in [2.05, 4.69) is 22.1 Å². The Morgan fingerprint density at radius 3 is 2.65 bits per heavy atom. The van der Waals surface area contributed by atoms with Crippen LogP contribution in [0, 0.1) is 5.92 Å². The molecule has 1 aliphatic heterocycles. The average molecular weight is 236 g/mol. The highest BCUT2D eigenvalue weighted by molar-refractivity contribution is 5.90. The minimum absolute atomic E-state index is 0.0545. The smallest absolute Gasteiger partial charge is 0.293 e. The van der Waals surface area contributed by atoms with Gasteiger partial charge in [0, 0.05) is 18.5 Å². The summed E-state index contributed by atoms with van der Waals surface area (Å²) >= 11 is 0. The lowest BCUT2D eigenvalue weighted by Crippen LogP contribution is -2.29. The Morgan fingerprint density at radius 2 is 2.18 bits per heavy atom. The molecular formula is C12H20N4O. The lowest BCUT2D eigenvalue weighted by atomic mass is 9.96. The number of likely N-dealkylation sites (tertiary alicyclic amines) is 1. The highest BCUT2D eigenvalue weighted by Gasteiger charge is 2.28. The third kappa shape index (κ3) is 2.48. The van der Waals surface area contributed by atoms with E-state index in [4.69, 9.17) is 0 Å². The molecule has 1 unspecified atom stereocenters. The number of rotatable bonds is 1. The second-order valence-electron chi connectivity index (χ2n) is 5.90. The standard InChI is InChI=1S/C12H20N4O/c1-8-5-6-16(7-8)10(17)9-13-11(15-14-9)12(2,3)4/h8H,5-7H2,1-4H3,(H,13,14,15). The van der Waals surface area contributed by atoms with Crippen molar-refractivity contribution in [2.45, 2.75) is 39.5 Å². The average Bonchev–Trinajstić information content (AvgIpc) is 2.83. The predicted octanol–water partition coefficient (Wildman–Crippen LogP) is 1.58. The molecule has 1 N–H and O–H groups in total. The molecule has 1 atom stereocenters. The largest absolute Gasteiger partial charge is 0.336 e. The zero-order valence-corrected chi connectivity index (χ0v) is 10.9. The maximum atomic E-state index is 12.1. The van der Waals surface area contributed by atoms with Gasteiger partial charge in [-0.1, -0.05) is 27.7 Å². The topological polar surface area (TPSA) is 61.9 Å². The molecule has 5 nitrogen and oxygen atoms in total. The molecular weight excluding hydrogens is 216 g/mol. The molecule has 0 radical (unpaired) electrons. The lowest BCUT2D eigenvalue weighted by molar-refractivity contribution is 0.0776. The van der Waals surface area contributed by atoms with Gasteiger partial charge in [-0.3, -0.25) is 9.89 Å². The van der Waals surface area contributed by atoms with Crippen molar-refractivity contribution >= 4 is 5.91 Å². The minimum Gasteiger partial charge on any atom is -0.336 e. The number of H-pyrrole nitrogens is 1. The normalized spacial score (nSPS) is 20.9. The molecule has 0 aliphatic carbocycles. The quantitative estimate of drug-likeness (QED) is 0.805. The van der Waals surface area contributed by atoms with E-state index in [0.717, 1.165) is 25.3 Å². The summed E-state index contributed by atoms with van der Waals surface area (Å²) in [4.78, 5) is 18.2. The summed E-state index contributed by atoms with van der Waals surface area (Å²) in [5.74, 6) is 1.58. The molecule has 1 fully saturated rings. The van der Waals surface area contributed by atoms with E-state index in [1.165, 1.54) is 0 Å². The maximum absolute atomic E-state index is 12.1. The molecule has 5 heteroatoms. The third-order valence-electron chi connectivity index (χ3n) is 3.10. The monoisotopic (exact) mass is 236 g/mol. The van der Waals surface area contributed by atoms with Gasteiger partial charge in [-0.25, -0.2) is 4.98 Å². The van der Waals surface area contributed by atoms with Gasteiger partial charge in [-0.15, -0.1) is 5.10 Å². The Bertz CT molecular complexity index is 418. The van der Waals surface area contributed by atoms with Gasteiger partial charge < -0.3 is 4.90 Å². The first-order valence-electron chi connectivity index (χ1n) is 6.10. The number of amides is 1. The van der Waals surface area contributed by atoms with Crippen LogP contribution in [0.2, 0.25) is 0 Å². The lowest BCUT2D eigenvalue weighted by Gasteiger charge is -2.14. The zero-order valence-electron chi connectivity index (χ0n) is 10.9. The molecule has 0 spiro atoms. The van der Waals surface area contributed by atoms with E-state index in [1.807, 2.05) is 25.7 Å². The van der Waals surface area contributed by atoms with Crippen LogP contribution in [0.1, 0.15) is 50.6 Å². The molecule has 1 aromatic rings. The van der Waals surface area contributed by atoms with Gasteiger partial charge in [0.05, 0.1) is 0 Å². The summed E-state index contributed by atoms with van der Waals surface area (Å²) in [5, 5.41) is 6.88. The Balaban J connectivity index is 2.13. The molecule has 2 heterocycles. The van der Waals surface area contributed by atoms with Crippen molar-refractivity contribution in [2.24, 2.45) is 5.92 Å². The minimum atomic E-state index is -0.107. The molecule has 0 bridgehead atoms. The van der Waals surface area contributed by atoms with Crippen molar-refractivity contribution in [3.8, 4) is 0 Å². The van der Waals surface area contributed by atoms with Crippen molar-refractivity contribution in [3.63, 3.8) is 0 Å². The Labute approximate surface area is 102 Å². The third-order valence-corrected chi connectivity index (χ3v) is 3.10. The van der Waals surface area contributed by atoms with E-state index < -0.39 is 0 Å². The van der Waals surface area contributed by atoms with E-state index >= 15 is 0 Å². The first-order valence-corrected chi connectivity index (χ1v) is 6.10. The van der Waals surface area contributed by atoms with E-state index in [-0.39, 0.29) is 11.3 Å². The molecule has 0 saturated carbocycles. The molecule has 94 valence electrons. The van der Waals surface area contributed by atoms with Gasteiger partial charge >= 0.3 is 0 Å². The number of nitrogens with zero attached hydrogens (tertiary/aromatic N) is 3. The molecule has 1 amide bonds.